The first-order valence-electron chi connectivity index (χ1n) is 4.46. The molecule has 2 heterocycles. The Kier molecular flexibility index (Phi) is 2.59. The lowest BCUT2D eigenvalue weighted by Gasteiger charge is -2.11. The summed E-state index contributed by atoms with van der Waals surface area (Å²) in [5, 5.41) is 6.13. The van der Waals surface area contributed by atoms with Crippen LogP contribution in [0.3, 0.4) is 0 Å². The summed E-state index contributed by atoms with van der Waals surface area (Å²) in [7, 11) is 0. The van der Waals surface area contributed by atoms with E-state index in [0.717, 1.165) is 0 Å². The van der Waals surface area contributed by atoms with E-state index in [9.17, 15) is 4.79 Å². The van der Waals surface area contributed by atoms with Crippen LogP contribution in [-0.4, -0.2) is 28.5 Å². The summed E-state index contributed by atoms with van der Waals surface area (Å²) in [5.74, 6) is 0.635. The monoisotopic (exact) mass is 227 g/mol. The van der Waals surface area contributed by atoms with E-state index < -0.39 is 0 Å². The van der Waals surface area contributed by atoms with Crippen LogP contribution in [0.25, 0.3) is 0 Å². The van der Waals surface area contributed by atoms with Crippen molar-refractivity contribution < 1.29 is 4.79 Å². The zero-order valence-electron chi connectivity index (χ0n) is 7.83. The van der Waals surface area contributed by atoms with Crippen molar-refractivity contribution >= 4 is 29.3 Å². The van der Waals surface area contributed by atoms with Crippen LogP contribution in [0.2, 0.25) is 5.02 Å². The number of nitrogens with zero attached hydrogens (tertiary/aromatic N) is 2. The van der Waals surface area contributed by atoms with E-state index in [1.54, 1.807) is 0 Å². The second-order valence-corrected chi connectivity index (χ2v) is 3.68. The SMILES string of the molecule is Nc1ncc(Cl)c(NC2CNC(=O)C2)n1. The number of nitrogen functional groups attached to an aromatic ring is 1. The molecule has 1 fully saturated rings. The number of aromatic nitrogens is 2. The fourth-order valence-electron chi connectivity index (χ4n) is 1.38. The Morgan fingerprint density at radius 3 is 3.13 bits per heavy atom. The smallest absolute Gasteiger partial charge is 0.222 e. The maximum atomic E-state index is 11.0. The lowest BCUT2D eigenvalue weighted by Crippen LogP contribution is -2.23. The van der Waals surface area contributed by atoms with Crippen molar-refractivity contribution in [1.29, 1.82) is 0 Å². The molecule has 7 heteroatoms. The number of nitrogens with two attached hydrogens (primary N) is 1. The van der Waals surface area contributed by atoms with Gasteiger partial charge >= 0.3 is 0 Å². The number of hydrogen-bond acceptors (Lipinski definition) is 5. The third kappa shape index (κ3) is 2.27. The van der Waals surface area contributed by atoms with Crippen LogP contribution in [0.4, 0.5) is 11.8 Å². The number of hydrogen-bond donors (Lipinski definition) is 3. The lowest BCUT2D eigenvalue weighted by molar-refractivity contribution is -0.119. The van der Waals surface area contributed by atoms with Gasteiger partial charge in [0.15, 0.2) is 5.82 Å². The molecule has 1 aromatic heterocycles. The Bertz CT molecular complexity index is 397. The van der Waals surface area contributed by atoms with Gasteiger partial charge in [0.1, 0.15) is 5.02 Å². The highest BCUT2D eigenvalue weighted by molar-refractivity contribution is 6.32. The van der Waals surface area contributed by atoms with Crippen LogP contribution in [0.1, 0.15) is 6.42 Å². The summed E-state index contributed by atoms with van der Waals surface area (Å²) in [6.07, 6.45) is 1.84. The summed E-state index contributed by atoms with van der Waals surface area (Å²) in [4.78, 5) is 18.6. The van der Waals surface area contributed by atoms with E-state index in [1.807, 2.05) is 0 Å². The molecule has 15 heavy (non-hydrogen) atoms. The van der Waals surface area contributed by atoms with Crippen LogP contribution >= 0.6 is 11.6 Å². The van der Waals surface area contributed by atoms with Crippen LogP contribution in [0.5, 0.6) is 0 Å². The van der Waals surface area contributed by atoms with Gasteiger partial charge < -0.3 is 16.4 Å². The van der Waals surface area contributed by atoms with Crippen LogP contribution in [0, 0.1) is 0 Å². The Labute approximate surface area is 91.2 Å². The third-order valence-corrected chi connectivity index (χ3v) is 2.36. The van der Waals surface area contributed by atoms with Crippen molar-refractivity contribution in [2.75, 3.05) is 17.6 Å². The number of carbonyl (C=O) groups excluding carboxylic acids is 1. The van der Waals surface area contributed by atoms with Crippen molar-refractivity contribution in [2.45, 2.75) is 12.5 Å². The van der Waals surface area contributed by atoms with Crippen LogP contribution < -0.4 is 16.4 Å². The summed E-state index contributed by atoms with van der Waals surface area (Å²) in [6.45, 7) is 0.569. The van der Waals surface area contributed by atoms with Crippen LogP contribution in [0.15, 0.2) is 6.20 Å². The van der Waals surface area contributed by atoms with E-state index >= 15 is 0 Å². The van der Waals surface area contributed by atoms with Crippen LogP contribution in [-0.2, 0) is 4.79 Å². The molecule has 1 saturated heterocycles. The molecular formula is C8H10ClN5O. The molecule has 1 atom stereocenters. The molecule has 1 aliphatic rings. The molecule has 0 saturated carbocycles. The Morgan fingerprint density at radius 1 is 1.67 bits per heavy atom. The maximum absolute atomic E-state index is 11.0. The highest BCUT2D eigenvalue weighted by atomic mass is 35.5. The zero-order chi connectivity index (χ0) is 10.8. The van der Waals surface area contributed by atoms with Crippen molar-refractivity contribution in [1.82, 2.24) is 15.3 Å². The average molecular weight is 228 g/mol. The zero-order valence-corrected chi connectivity index (χ0v) is 8.58. The molecule has 2 rings (SSSR count). The van der Waals surface area contributed by atoms with Crippen molar-refractivity contribution in [3.8, 4) is 0 Å². The molecule has 0 aromatic carbocycles. The minimum absolute atomic E-state index is 0.00398. The highest BCUT2D eigenvalue weighted by Gasteiger charge is 2.22. The van der Waals surface area contributed by atoms with E-state index in [4.69, 9.17) is 17.3 Å². The van der Waals surface area contributed by atoms with E-state index in [2.05, 4.69) is 20.6 Å². The molecule has 4 N–H and O–H groups in total. The second kappa shape index (κ2) is 3.90. The van der Waals surface area contributed by atoms with Gasteiger partial charge in [-0.25, -0.2) is 4.98 Å². The van der Waals surface area contributed by atoms with Crippen molar-refractivity contribution in [2.24, 2.45) is 0 Å². The van der Waals surface area contributed by atoms with Crippen molar-refractivity contribution in [3.05, 3.63) is 11.2 Å². The van der Waals surface area contributed by atoms with Crippen molar-refractivity contribution in [3.63, 3.8) is 0 Å². The van der Waals surface area contributed by atoms with Gasteiger partial charge in [-0.05, 0) is 0 Å². The van der Waals surface area contributed by atoms with E-state index in [-0.39, 0.29) is 17.9 Å². The largest absolute Gasteiger partial charge is 0.368 e. The van der Waals surface area contributed by atoms with Gasteiger partial charge in [0.05, 0.1) is 12.2 Å². The first-order chi connectivity index (χ1) is 7.15. The first-order valence-corrected chi connectivity index (χ1v) is 4.84. The van der Waals surface area contributed by atoms with Gasteiger partial charge in [0.2, 0.25) is 11.9 Å². The standard InChI is InChI=1S/C8H10ClN5O/c9-5-3-12-8(10)14-7(5)13-4-1-6(15)11-2-4/h3-4H,1-2H2,(H,11,15)(H3,10,12,13,14). The fraction of sp³-hybridized carbons (Fsp3) is 0.375. The van der Waals surface area contributed by atoms with Gasteiger partial charge in [-0.3, -0.25) is 4.79 Å². The quantitative estimate of drug-likeness (QED) is 0.662. The van der Waals surface area contributed by atoms with Gasteiger partial charge in [-0.15, -0.1) is 0 Å². The second-order valence-electron chi connectivity index (χ2n) is 3.27. The molecule has 0 bridgehead atoms. The number of anilines is 2. The lowest BCUT2D eigenvalue weighted by atomic mass is 10.2. The molecule has 1 unspecified atom stereocenters. The number of rotatable bonds is 2. The molecule has 6 nitrogen and oxygen atoms in total. The number of halogens is 1. The van der Waals surface area contributed by atoms with E-state index in [1.165, 1.54) is 6.20 Å². The Balaban J connectivity index is 2.10. The van der Waals surface area contributed by atoms with Gasteiger partial charge in [0, 0.05) is 13.0 Å². The summed E-state index contributed by atoms with van der Waals surface area (Å²) in [6, 6.07) is 0.00398. The molecule has 1 amide bonds. The fourth-order valence-corrected chi connectivity index (χ4v) is 1.53. The third-order valence-electron chi connectivity index (χ3n) is 2.08. The summed E-state index contributed by atoms with van der Waals surface area (Å²) in [5.41, 5.74) is 5.43. The highest BCUT2D eigenvalue weighted by Crippen LogP contribution is 2.20. The minimum atomic E-state index is 0.00398. The summed E-state index contributed by atoms with van der Waals surface area (Å²) >= 11 is 5.86. The summed E-state index contributed by atoms with van der Waals surface area (Å²) < 4.78 is 0. The normalized spacial score (nSPS) is 20.1. The minimum Gasteiger partial charge on any atom is -0.368 e. The number of amides is 1. The molecule has 0 radical (unpaired) electrons. The average Bonchev–Trinajstić information content (AvgIpc) is 2.58. The molecule has 1 aliphatic heterocycles. The molecule has 0 aliphatic carbocycles. The Morgan fingerprint density at radius 2 is 2.47 bits per heavy atom. The topological polar surface area (TPSA) is 92.9 Å². The van der Waals surface area contributed by atoms with Gasteiger partial charge in [-0.1, -0.05) is 11.6 Å². The number of carbonyl (C=O) groups is 1. The number of nitrogens with one attached hydrogen (secondary N) is 2. The maximum Gasteiger partial charge on any atom is 0.222 e. The van der Waals surface area contributed by atoms with Gasteiger partial charge in [0.25, 0.3) is 0 Å². The molecule has 0 spiro atoms. The van der Waals surface area contributed by atoms with Gasteiger partial charge in [-0.2, -0.15) is 4.98 Å². The predicted octanol–water partition coefficient (Wildman–Crippen LogP) is 0.0126. The first kappa shape index (κ1) is 9.97. The predicted molar refractivity (Wildman–Crippen MR) is 56.5 cm³/mol. The van der Waals surface area contributed by atoms with E-state index in [0.29, 0.717) is 23.8 Å². The molecule has 1 aromatic rings. The molecule has 80 valence electrons. The molecular weight excluding hydrogens is 218 g/mol. The Hall–Kier alpha value is -1.56.